The summed E-state index contributed by atoms with van der Waals surface area (Å²) in [6.07, 6.45) is 0.441. The summed E-state index contributed by atoms with van der Waals surface area (Å²) in [6.45, 7) is 1.41. The molecule has 3 rings (SSSR count). The van der Waals surface area contributed by atoms with E-state index < -0.39 is 0 Å². The minimum absolute atomic E-state index is 0.102. The average molecular weight is 240 g/mol. The van der Waals surface area contributed by atoms with Gasteiger partial charge in [-0.15, -0.1) is 0 Å². The van der Waals surface area contributed by atoms with Crippen LogP contribution < -0.4 is 0 Å². The fraction of sp³-hybridized carbons (Fsp3) is 0.188. The van der Waals surface area contributed by atoms with Crippen LogP contribution in [0.4, 0.5) is 0 Å². The maximum Gasteiger partial charge on any atom is 0.157 e. The maximum absolute atomic E-state index is 9.93. The molecule has 2 aliphatic carbocycles. The van der Waals surface area contributed by atoms with Gasteiger partial charge in [0.2, 0.25) is 0 Å². The Hall–Kier alpha value is -1.93. The lowest BCUT2D eigenvalue weighted by Crippen LogP contribution is -1.99. The van der Waals surface area contributed by atoms with Gasteiger partial charge in [0.15, 0.2) is 5.78 Å². The molecule has 0 spiro atoms. The molecule has 0 unspecified atom stereocenters. The number of hydrogen-bond donors (Lipinski definition) is 1. The van der Waals surface area contributed by atoms with Gasteiger partial charge in [-0.1, -0.05) is 49.4 Å². The second-order valence-electron chi connectivity index (χ2n) is 4.18. The molecule has 0 aromatic heterocycles. The molecule has 0 aliphatic heterocycles. The van der Waals surface area contributed by atoms with Gasteiger partial charge < -0.3 is 5.11 Å². The first-order chi connectivity index (χ1) is 8.76. The first-order valence-electron chi connectivity index (χ1n) is 6.08. The lowest BCUT2D eigenvalue weighted by molar-refractivity contribution is -0.121. The van der Waals surface area contributed by atoms with Crippen LogP contribution in [0.2, 0.25) is 0 Å². The van der Waals surface area contributed by atoms with Crippen LogP contribution in [-0.4, -0.2) is 17.5 Å². The van der Waals surface area contributed by atoms with Crippen molar-refractivity contribution in [1.82, 2.24) is 0 Å². The Morgan fingerprint density at radius 3 is 2.11 bits per heavy atom. The van der Waals surface area contributed by atoms with Gasteiger partial charge >= 0.3 is 0 Å². The Morgan fingerprint density at radius 2 is 1.72 bits per heavy atom. The standard InChI is InChI=1S/C12H8.C4H8O2/c1-2-4-9(5-3-1)11-7-6-10-8-12(10)11;1-2-4(6)3-5/h1-8H;5H,2-3H2,1H3. The molecular formula is C16H16O2. The van der Waals surface area contributed by atoms with Crippen LogP contribution in [0.3, 0.4) is 0 Å². The molecule has 0 bridgehead atoms. The number of hydrogen-bond acceptors (Lipinski definition) is 2. The van der Waals surface area contributed by atoms with Crippen molar-refractivity contribution in [2.75, 3.05) is 6.61 Å². The molecule has 0 saturated carbocycles. The summed E-state index contributed by atoms with van der Waals surface area (Å²) in [4.78, 5) is 9.93. The van der Waals surface area contributed by atoms with Crippen molar-refractivity contribution in [2.45, 2.75) is 13.3 Å². The summed E-state index contributed by atoms with van der Waals surface area (Å²) in [5.74, 6) is -0.102. The van der Waals surface area contributed by atoms with Gasteiger partial charge in [0.1, 0.15) is 6.61 Å². The van der Waals surface area contributed by atoms with Gasteiger partial charge in [0.25, 0.3) is 0 Å². The summed E-state index contributed by atoms with van der Waals surface area (Å²) in [5, 5.41) is 7.99. The third-order valence-corrected chi connectivity index (χ3v) is 2.90. The fourth-order valence-corrected chi connectivity index (χ4v) is 1.73. The predicted molar refractivity (Wildman–Crippen MR) is 73.3 cm³/mol. The number of aliphatic hydroxyl groups is 1. The van der Waals surface area contributed by atoms with E-state index in [-0.39, 0.29) is 12.4 Å². The molecule has 2 aliphatic rings. The molecule has 18 heavy (non-hydrogen) atoms. The van der Waals surface area contributed by atoms with E-state index in [0.29, 0.717) is 6.42 Å². The number of rotatable bonds is 3. The summed E-state index contributed by atoms with van der Waals surface area (Å²) in [5.41, 5.74) is 5.55. The van der Waals surface area contributed by atoms with Crippen molar-refractivity contribution >= 4 is 5.78 Å². The number of carbonyl (C=O) groups excluding carboxylic acids is 1. The highest BCUT2D eigenvalue weighted by atomic mass is 16.3. The summed E-state index contributed by atoms with van der Waals surface area (Å²) < 4.78 is 0. The molecule has 0 fully saturated rings. The van der Waals surface area contributed by atoms with Crippen LogP contribution >= 0.6 is 0 Å². The zero-order valence-electron chi connectivity index (χ0n) is 10.4. The molecule has 1 aromatic rings. The molecule has 0 saturated heterocycles. The highest BCUT2D eigenvalue weighted by molar-refractivity contribution is 5.95. The number of Topliss-reactive ketones (excluding diaryl/α,β-unsaturated/α-hetero) is 1. The van der Waals surface area contributed by atoms with Gasteiger partial charge in [-0.3, -0.25) is 4.79 Å². The number of aliphatic hydroxyl groups excluding tert-OH is 1. The molecule has 0 atom stereocenters. The van der Waals surface area contributed by atoms with Crippen LogP contribution in [0.25, 0.3) is 22.3 Å². The van der Waals surface area contributed by atoms with Crippen LogP contribution in [0, 0.1) is 0 Å². The van der Waals surface area contributed by atoms with Gasteiger partial charge in [-0.25, -0.2) is 0 Å². The zero-order chi connectivity index (χ0) is 13.0. The van der Waals surface area contributed by atoms with Crippen LogP contribution in [0.15, 0.2) is 48.5 Å². The molecule has 0 heterocycles. The van der Waals surface area contributed by atoms with E-state index >= 15 is 0 Å². The van der Waals surface area contributed by atoms with Gasteiger partial charge in [-0.2, -0.15) is 0 Å². The molecular weight excluding hydrogens is 224 g/mol. The predicted octanol–water partition coefficient (Wildman–Crippen LogP) is 3.29. The van der Waals surface area contributed by atoms with E-state index in [0.717, 1.165) is 0 Å². The number of ketones is 1. The van der Waals surface area contributed by atoms with E-state index in [9.17, 15) is 4.79 Å². The lowest BCUT2D eigenvalue weighted by Gasteiger charge is -1.95. The quantitative estimate of drug-likeness (QED) is 0.762. The molecule has 0 amide bonds. The van der Waals surface area contributed by atoms with Crippen molar-refractivity contribution < 1.29 is 9.90 Å². The Bertz CT molecular complexity index is 538. The Morgan fingerprint density at radius 1 is 1.00 bits per heavy atom. The SMILES string of the molecule is CCC(=O)CO.c1ccc(-c2ccc3cc2-3)cc1. The number of fused-ring (bicyclic) bond motifs is 1. The molecule has 1 aromatic carbocycles. The lowest BCUT2D eigenvalue weighted by atomic mass is 10.1. The maximum atomic E-state index is 9.93. The van der Waals surface area contributed by atoms with Crippen molar-refractivity contribution in [3.8, 4) is 22.3 Å². The van der Waals surface area contributed by atoms with E-state index in [1.54, 1.807) is 6.92 Å². The fourth-order valence-electron chi connectivity index (χ4n) is 1.73. The smallest absolute Gasteiger partial charge is 0.157 e. The van der Waals surface area contributed by atoms with Crippen molar-refractivity contribution in [3.63, 3.8) is 0 Å². The summed E-state index contributed by atoms with van der Waals surface area (Å²) >= 11 is 0. The van der Waals surface area contributed by atoms with E-state index in [4.69, 9.17) is 5.11 Å². The molecule has 2 heteroatoms. The van der Waals surface area contributed by atoms with Crippen LogP contribution in [-0.2, 0) is 4.79 Å². The monoisotopic (exact) mass is 240 g/mol. The Balaban J connectivity index is 0.000000174. The normalized spacial score (nSPS) is 10.3. The summed E-state index contributed by atoms with van der Waals surface area (Å²) in [6, 6.07) is 17.1. The second kappa shape index (κ2) is 5.61. The zero-order valence-corrected chi connectivity index (χ0v) is 10.4. The van der Waals surface area contributed by atoms with Crippen molar-refractivity contribution in [3.05, 3.63) is 48.5 Å². The largest absolute Gasteiger partial charge is 0.389 e. The van der Waals surface area contributed by atoms with Gasteiger partial charge in [0.05, 0.1) is 0 Å². The molecule has 2 nitrogen and oxygen atoms in total. The van der Waals surface area contributed by atoms with E-state index in [1.807, 2.05) is 0 Å². The van der Waals surface area contributed by atoms with E-state index in [1.165, 1.54) is 22.3 Å². The highest BCUT2D eigenvalue weighted by Gasteiger charge is 2.17. The Kier molecular flexibility index (Phi) is 3.90. The average Bonchev–Trinajstić information content (AvgIpc) is 3.10. The van der Waals surface area contributed by atoms with Gasteiger partial charge in [-0.05, 0) is 28.3 Å². The molecule has 92 valence electrons. The number of benzene rings is 2. The molecule has 1 N–H and O–H groups in total. The Labute approximate surface area is 107 Å². The first-order valence-corrected chi connectivity index (χ1v) is 6.08. The minimum Gasteiger partial charge on any atom is -0.389 e. The van der Waals surface area contributed by atoms with Crippen molar-refractivity contribution in [1.29, 1.82) is 0 Å². The van der Waals surface area contributed by atoms with Crippen LogP contribution in [0.1, 0.15) is 13.3 Å². The summed E-state index contributed by atoms with van der Waals surface area (Å²) in [7, 11) is 0. The first kappa shape index (κ1) is 12.5. The van der Waals surface area contributed by atoms with Crippen molar-refractivity contribution in [2.24, 2.45) is 0 Å². The van der Waals surface area contributed by atoms with E-state index in [2.05, 4.69) is 48.5 Å². The van der Waals surface area contributed by atoms with Crippen LogP contribution in [0.5, 0.6) is 0 Å². The minimum atomic E-state index is -0.309. The third kappa shape index (κ3) is 2.84. The second-order valence-corrected chi connectivity index (χ2v) is 4.18. The topological polar surface area (TPSA) is 37.3 Å². The number of carbonyl (C=O) groups is 1. The third-order valence-electron chi connectivity index (χ3n) is 2.90. The molecule has 0 radical (unpaired) electrons. The highest BCUT2D eigenvalue weighted by Crippen LogP contribution is 2.43. The van der Waals surface area contributed by atoms with Gasteiger partial charge in [0, 0.05) is 6.42 Å².